The number of aryl methyl sites for hydroxylation is 2. The van der Waals surface area contributed by atoms with E-state index >= 15 is 0 Å². The van der Waals surface area contributed by atoms with Gasteiger partial charge in [-0.05, 0) is 122 Å². The molecule has 0 N–H and O–H groups in total. The van der Waals surface area contributed by atoms with Gasteiger partial charge < -0.3 is 9.47 Å². The lowest BCUT2D eigenvalue weighted by Gasteiger charge is -2.28. The van der Waals surface area contributed by atoms with Crippen molar-refractivity contribution in [1.29, 1.82) is 0 Å². The lowest BCUT2D eigenvalue weighted by Crippen LogP contribution is -2.15. The van der Waals surface area contributed by atoms with Gasteiger partial charge in [0.15, 0.2) is 11.6 Å². The molecular weight excluding hydrogens is 893 g/mol. The first-order valence-corrected chi connectivity index (χ1v) is 31.1. The summed E-state index contributed by atoms with van der Waals surface area (Å²) in [7, 11) is 0. The number of rotatable bonds is 37. The minimum Gasteiger partial charge on any atom is -0.494 e. The van der Waals surface area contributed by atoms with E-state index in [2.05, 4.69) is 96.2 Å². The summed E-state index contributed by atoms with van der Waals surface area (Å²) < 4.78 is 11.9. The molecule has 0 saturated heterocycles. The average molecular weight is 1000 g/mol. The fourth-order valence-electron chi connectivity index (χ4n) is 11.4. The van der Waals surface area contributed by atoms with Crippen molar-refractivity contribution in [3.63, 3.8) is 0 Å². The number of unbranched alkanes of at least 4 members (excludes halogenated alkanes) is 19. The first kappa shape index (κ1) is 60.1. The molecule has 2 aromatic heterocycles. The van der Waals surface area contributed by atoms with Crippen LogP contribution in [0.25, 0.3) is 22.8 Å². The second-order valence-corrected chi connectivity index (χ2v) is 22.7. The Morgan fingerprint density at radius 1 is 0.329 bits per heavy atom. The van der Waals surface area contributed by atoms with Crippen LogP contribution in [0.3, 0.4) is 0 Å². The topological polar surface area (TPSA) is 70.0 Å². The van der Waals surface area contributed by atoms with Gasteiger partial charge in [-0.2, -0.15) is 0 Å². The van der Waals surface area contributed by atoms with E-state index in [9.17, 15) is 0 Å². The summed E-state index contributed by atoms with van der Waals surface area (Å²) in [5.74, 6) is 7.28. The lowest BCUT2D eigenvalue weighted by atomic mass is 9.78. The molecule has 0 radical (unpaired) electrons. The van der Waals surface area contributed by atoms with Gasteiger partial charge in [-0.1, -0.05) is 227 Å². The van der Waals surface area contributed by atoms with E-state index in [4.69, 9.17) is 9.47 Å². The Labute approximate surface area is 448 Å². The van der Waals surface area contributed by atoms with Gasteiger partial charge in [-0.15, -0.1) is 0 Å². The molecule has 6 rings (SSSR count). The molecule has 2 saturated carbocycles. The van der Waals surface area contributed by atoms with Gasteiger partial charge in [-0.3, -0.25) is 0 Å². The molecule has 0 aliphatic heterocycles. The van der Waals surface area contributed by atoms with E-state index in [1.54, 1.807) is 0 Å². The molecule has 2 aliphatic rings. The van der Waals surface area contributed by atoms with Gasteiger partial charge in [-0.25, -0.2) is 19.9 Å². The zero-order valence-electron chi connectivity index (χ0n) is 47.4. The maximum absolute atomic E-state index is 5.96. The Balaban J connectivity index is 0.000000271. The lowest BCUT2D eigenvalue weighted by molar-refractivity contribution is 0.249. The van der Waals surface area contributed by atoms with E-state index in [1.807, 2.05) is 24.8 Å². The van der Waals surface area contributed by atoms with Crippen LogP contribution in [0.1, 0.15) is 264 Å². The van der Waals surface area contributed by atoms with Gasteiger partial charge in [0.05, 0.1) is 13.2 Å². The van der Waals surface area contributed by atoms with Crippen molar-refractivity contribution in [2.24, 2.45) is 23.7 Å². The monoisotopic (exact) mass is 999 g/mol. The van der Waals surface area contributed by atoms with E-state index in [0.29, 0.717) is 0 Å². The first-order valence-electron chi connectivity index (χ1n) is 31.1. The SMILES string of the molecule is CCCCCCCCCCCOc1ccc(-c2ncc(CCC3CCC(CCCC)CC3)cn2)cc1.CCCCCCCCCCCOc1ccc(-c2ncc(CCC3CCC(CCCCC)CC3)cn2)cc1. The molecule has 406 valence electrons. The van der Waals surface area contributed by atoms with E-state index in [0.717, 1.165) is 96.8 Å². The highest BCUT2D eigenvalue weighted by atomic mass is 16.5. The largest absolute Gasteiger partial charge is 0.494 e. The summed E-state index contributed by atoms with van der Waals surface area (Å²) in [5.41, 5.74) is 4.66. The van der Waals surface area contributed by atoms with Gasteiger partial charge in [0.1, 0.15) is 11.5 Å². The van der Waals surface area contributed by atoms with Crippen molar-refractivity contribution in [1.82, 2.24) is 19.9 Å². The number of ether oxygens (including phenoxy) is 2. The summed E-state index contributed by atoms with van der Waals surface area (Å²) in [4.78, 5) is 18.7. The van der Waals surface area contributed by atoms with Crippen molar-refractivity contribution in [2.45, 2.75) is 265 Å². The molecule has 6 nitrogen and oxygen atoms in total. The van der Waals surface area contributed by atoms with Crippen LogP contribution in [0.15, 0.2) is 73.3 Å². The smallest absolute Gasteiger partial charge is 0.159 e. The second kappa shape index (κ2) is 38.7. The molecule has 2 fully saturated rings. The van der Waals surface area contributed by atoms with E-state index in [1.165, 1.54) is 223 Å². The summed E-state index contributed by atoms with van der Waals surface area (Å²) >= 11 is 0. The van der Waals surface area contributed by atoms with Crippen LogP contribution < -0.4 is 9.47 Å². The zero-order valence-corrected chi connectivity index (χ0v) is 47.4. The fraction of sp³-hybridized carbons (Fsp3) is 0.701. The van der Waals surface area contributed by atoms with Crippen molar-refractivity contribution >= 4 is 0 Å². The fourth-order valence-corrected chi connectivity index (χ4v) is 11.4. The molecule has 0 bridgehead atoms. The van der Waals surface area contributed by atoms with Gasteiger partial charge >= 0.3 is 0 Å². The molecule has 73 heavy (non-hydrogen) atoms. The maximum Gasteiger partial charge on any atom is 0.159 e. The second-order valence-electron chi connectivity index (χ2n) is 22.7. The molecule has 2 heterocycles. The normalized spacial score (nSPS) is 17.8. The number of nitrogens with zero attached hydrogens (tertiary/aromatic N) is 4. The van der Waals surface area contributed by atoms with Crippen molar-refractivity contribution in [2.75, 3.05) is 13.2 Å². The first-order chi connectivity index (χ1) is 36.1. The molecule has 0 atom stereocenters. The highest BCUT2D eigenvalue weighted by Gasteiger charge is 2.22. The van der Waals surface area contributed by atoms with Crippen LogP contribution in [0, 0.1) is 23.7 Å². The van der Waals surface area contributed by atoms with Gasteiger partial charge in [0.25, 0.3) is 0 Å². The van der Waals surface area contributed by atoms with E-state index in [-0.39, 0.29) is 0 Å². The Kier molecular flexibility index (Phi) is 31.9. The number of hydrogen-bond acceptors (Lipinski definition) is 6. The molecule has 4 aromatic rings. The van der Waals surface area contributed by atoms with Gasteiger partial charge in [0.2, 0.25) is 0 Å². The maximum atomic E-state index is 5.96. The summed E-state index contributed by atoms with van der Waals surface area (Å²) in [5, 5.41) is 0. The van der Waals surface area contributed by atoms with Crippen LogP contribution >= 0.6 is 0 Å². The van der Waals surface area contributed by atoms with Crippen molar-refractivity contribution < 1.29 is 9.47 Å². The predicted octanol–water partition coefficient (Wildman–Crippen LogP) is 20.4. The third-order valence-corrected chi connectivity index (χ3v) is 16.5. The third-order valence-electron chi connectivity index (χ3n) is 16.5. The predicted molar refractivity (Wildman–Crippen MR) is 312 cm³/mol. The highest BCUT2D eigenvalue weighted by Crippen LogP contribution is 2.36. The van der Waals surface area contributed by atoms with Crippen LogP contribution in [0.4, 0.5) is 0 Å². The molecule has 0 spiro atoms. The quantitative estimate of drug-likeness (QED) is 0.0419. The molecule has 2 aromatic carbocycles. The number of aromatic nitrogens is 4. The summed E-state index contributed by atoms with van der Waals surface area (Å²) in [6, 6.07) is 16.5. The highest BCUT2D eigenvalue weighted by molar-refractivity contribution is 5.56. The van der Waals surface area contributed by atoms with Gasteiger partial charge in [0, 0.05) is 35.9 Å². The van der Waals surface area contributed by atoms with E-state index < -0.39 is 0 Å². The molecule has 2 aliphatic carbocycles. The van der Waals surface area contributed by atoms with Crippen molar-refractivity contribution in [3.8, 4) is 34.3 Å². The minimum atomic E-state index is 0.806. The van der Waals surface area contributed by atoms with Crippen LogP contribution in [0.5, 0.6) is 11.5 Å². The molecule has 0 unspecified atom stereocenters. The third kappa shape index (κ3) is 26.0. The molecule has 0 amide bonds. The van der Waals surface area contributed by atoms with Crippen LogP contribution in [0.2, 0.25) is 0 Å². The Morgan fingerprint density at radius 2 is 0.616 bits per heavy atom. The van der Waals surface area contributed by atoms with Crippen LogP contribution in [-0.4, -0.2) is 33.1 Å². The molecular formula is C67H106N4O2. The number of hydrogen-bond donors (Lipinski definition) is 0. The Hall–Kier alpha value is -3.80. The van der Waals surface area contributed by atoms with Crippen molar-refractivity contribution in [3.05, 3.63) is 84.4 Å². The standard InChI is InChI=1S/C34H54N2O.C33H52N2O/c1-3-5-7-8-9-10-11-12-14-26-37-33-24-22-32(23-25-33)34-35-27-31(28-36-34)21-20-30-18-16-29(17-19-30)15-13-6-4-2;1-3-5-7-8-9-10-11-12-13-25-36-32-23-21-31(22-24-32)33-34-26-30(27-35-33)20-19-29-17-15-28(16-18-29)14-6-4-2/h22-25,27-30H,3-21,26H2,1-2H3;21-24,26-29H,3-20,25H2,1-2H3. The molecule has 6 heteroatoms. The van der Waals surface area contributed by atoms with Crippen LogP contribution in [-0.2, 0) is 12.8 Å². The average Bonchev–Trinajstić information content (AvgIpc) is 3.44. The minimum absolute atomic E-state index is 0.806. The zero-order chi connectivity index (χ0) is 51.2. The summed E-state index contributed by atoms with van der Waals surface area (Å²) in [6.07, 6.45) is 58.3. The summed E-state index contributed by atoms with van der Waals surface area (Å²) in [6.45, 7) is 10.8. The Morgan fingerprint density at radius 3 is 0.959 bits per heavy atom. The Bertz CT molecular complexity index is 1880. The number of benzene rings is 2.